The van der Waals surface area contributed by atoms with E-state index in [2.05, 4.69) is 4.90 Å². The summed E-state index contributed by atoms with van der Waals surface area (Å²) in [4.78, 5) is 14.7. The molecule has 3 aliphatic carbocycles. The maximum atomic E-state index is 12.6. The minimum atomic E-state index is -0.214. The van der Waals surface area contributed by atoms with E-state index >= 15 is 0 Å². The highest BCUT2D eigenvalue weighted by atomic mass is 16.3. The quantitative estimate of drug-likeness (QED) is 0.826. The van der Waals surface area contributed by atoms with Crippen LogP contribution in [0, 0.1) is 35.5 Å². The molecule has 1 saturated heterocycles. The van der Waals surface area contributed by atoms with Gasteiger partial charge < -0.3 is 10.0 Å². The lowest BCUT2D eigenvalue weighted by Gasteiger charge is -2.34. The van der Waals surface area contributed by atoms with Gasteiger partial charge in [0.1, 0.15) is 0 Å². The molecule has 19 heavy (non-hydrogen) atoms. The normalized spacial score (nSPS) is 46.2. The van der Waals surface area contributed by atoms with Crippen LogP contribution in [0.4, 0.5) is 0 Å². The number of rotatable bonds is 2. The van der Waals surface area contributed by atoms with E-state index in [0.29, 0.717) is 17.7 Å². The molecule has 1 aliphatic heterocycles. The molecule has 0 spiro atoms. The number of aliphatic hydroxyl groups excluding tert-OH is 1. The zero-order valence-corrected chi connectivity index (χ0v) is 11.8. The molecule has 3 nitrogen and oxygen atoms in total. The lowest BCUT2D eigenvalue weighted by Crippen LogP contribution is -2.42. The van der Waals surface area contributed by atoms with Gasteiger partial charge in [-0.1, -0.05) is 0 Å². The Bertz CT molecular complexity index is 370. The van der Waals surface area contributed by atoms with Crippen LogP contribution in [0.1, 0.15) is 39.0 Å². The van der Waals surface area contributed by atoms with E-state index in [0.717, 1.165) is 49.6 Å². The van der Waals surface area contributed by atoms with Gasteiger partial charge in [-0.25, -0.2) is 0 Å². The Kier molecular flexibility index (Phi) is 2.70. The molecular formula is C16H25NO2. The van der Waals surface area contributed by atoms with Crippen molar-refractivity contribution in [3.63, 3.8) is 0 Å². The molecule has 1 heterocycles. The third kappa shape index (κ3) is 1.77. The Morgan fingerprint density at radius 3 is 2.21 bits per heavy atom. The fraction of sp³-hybridized carbons (Fsp3) is 0.938. The van der Waals surface area contributed by atoms with E-state index in [-0.39, 0.29) is 6.10 Å². The number of piperidine rings is 1. The van der Waals surface area contributed by atoms with Gasteiger partial charge in [-0.15, -0.1) is 0 Å². The Labute approximate surface area is 115 Å². The number of aliphatic hydroxyl groups is 1. The van der Waals surface area contributed by atoms with Crippen molar-refractivity contribution in [2.45, 2.75) is 45.1 Å². The van der Waals surface area contributed by atoms with E-state index in [1.807, 2.05) is 6.92 Å². The SMILES string of the molecule is CC(O)C1CCN(C(=O)C2C3C4CCC(C4)C23)CC1. The van der Waals surface area contributed by atoms with Crippen LogP contribution in [0.3, 0.4) is 0 Å². The first-order chi connectivity index (χ1) is 9.16. The van der Waals surface area contributed by atoms with Crippen LogP contribution in [0.15, 0.2) is 0 Å². The van der Waals surface area contributed by atoms with Crippen molar-refractivity contribution < 1.29 is 9.90 Å². The monoisotopic (exact) mass is 263 g/mol. The predicted octanol–water partition coefficient (Wildman–Crippen LogP) is 1.90. The summed E-state index contributed by atoms with van der Waals surface area (Å²) < 4.78 is 0. The van der Waals surface area contributed by atoms with Crippen LogP contribution >= 0.6 is 0 Å². The van der Waals surface area contributed by atoms with Crippen molar-refractivity contribution in [1.82, 2.24) is 4.90 Å². The number of hydrogen-bond acceptors (Lipinski definition) is 2. The van der Waals surface area contributed by atoms with Gasteiger partial charge in [-0.05, 0) is 68.6 Å². The molecule has 0 aromatic rings. The average molecular weight is 263 g/mol. The molecule has 0 aromatic carbocycles. The van der Waals surface area contributed by atoms with Crippen LogP contribution < -0.4 is 0 Å². The van der Waals surface area contributed by atoms with E-state index in [1.54, 1.807) is 0 Å². The lowest BCUT2D eigenvalue weighted by atomic mass is 9.91. The number of amides is 1. The summed E-state index contributed by atoms with van der Waals surface area (Å²) in [5.74, 6) is 4.56. The van der Waals surface area contributed by atoms with Crippen LogP contribution in [0.5, 0.6) is 0 Å². The summed E-state index contributed by atoms with van der Waals surface area (Å²) in [6.07, 6.45) is 5.95. The molecule has 2 bridgehead atoms. The van der Waals surface area contributed by atoms with E-state index in [4.69, 9.17) is 0 Å². The molecule has 1 amide bonds. The fourth-order valence-corrected chi connectivity index (χ4v) is 5.47. The topological polar surface area (TPSA) is 40.5 Å². The highest BCUT2D eigenvalue weighted by Crippen LogP contribution is 2.69. The van der Waals surface area contributed by atoms with Crippen LogP contribution in [0.25, 0.3) is 0 Å². The lowest BCUT2D eigenvalue weighted by molar-refractivity contribution is -0.135. The number of likely N-dealkylation sites (tertiary alicyclic amines) is 1. The third-order valence-electron chi connectivity index (χ3n) is 6.55. The molecule has 5 unspecified atom stereocenters. The van der Waals surface area contributed by atoms with Gasteiger partial charge in [0.2, 0.25) is 5.91 Å². The van der Waals surface area contributed by atoms with E-state index < -0.39 is 0 Å². The fourth-order valence-electron chi connectivity index (χ4n) is 5.47. The van der Waals surface area contributed by atoms with Crippen molar-refractivity contribution in [2.75, 3.05) is 13.1 Å². The Morgan fingerprint density at radius 2 is 1.68 bits per heavy atom. The van der Waals surface area contributed by atoms with Gasteiger partial charge in [0, 0.05) is 19.0 Å². The molecule has 1 N–H and O–H groups in total. The average Bonchev–Trinajstić information content (AvgIpc) is 2.85. The first kappa shape index (κ1) is 12.2. The van der Waals surface area contributed by atoms with E-state index in [9.17, 15) is 9.90 Å². The second kappa shape index (κ2) is 4.21. The first-order valence-corrected chi connectivity index (χ1v) is 8.13. The van der Waals surface area contributed by atoms with Gasteiger partial charge in [0.05, 0.1) is 6.10 Å². The molecule has 4 fully saturated rings. The molecule has 5 atom stereocenters. The van der Waals surface area contributed by atoms with Crippen molar-refractivity contribution in [2.24, 2.45) is 35.5 Å². The van der Waals surface area contributed by atoms with Crippen molar-refractivity contribution in [1.29, 1.82) is 0 Å². The molecule has 0 radical (unpaired) electrons. The van der Waals surface area contributed by atoms with Crippen molar-refractivity contribution in [3.8, 4) is 0 Å². The Hall–Kier alpha value is -0.570. The summed E-state index contributed by atoms with van der Waals surface area (Å²) in [7, 11) is 0. The van der Waals surface area contributed by atoms with Gasteiger partial charge in [0.25, 0.3) is 0 Å². The zero-order chi connectivity index (χ0) is 13.1. The maximum absolute atomic E-state index is 12.6. The minimum absolute atomic E-state index is 0.214. The number of hydrogen-bond donors (Lipinski definition) is 1. The largest absolute Gasteiger partial charge is 0.393 e. The molecule has 0 aromatic heterocycles. The van der Waals surface area contributed by atoms with Gasteiger partial charge in [-0.3, -0.25) is 4.79 Å². The van der Waals surface area contributed by atoms with Gasteiger partial charge >= 0.3 is 0 Å². The van der Waals surface area contributed by atoms with Crippen LogP contribution in [-0.4, -0.2) is 35.1 Å². The standard InChI is InChI=1S/C16H25NO2/c1-9(18)10-4-6-17(7-5-10)16(19)15-13-11-2-3-12(8-11)14(13)15/h9-15,18H,2-8H2,1H3. The van der Waals surface area contributed by atoms with Crippen LogP contribution in [-0.2, 0) is 4.79 Å². The molecule has 106 valence electrons. The van der Waals surface area contributed by atoms with Crippen LogP contribution in [0.2, 0.25) is 0 Å². The van der Waals surface area contributed by atoms with Gasteiger partial charge in [-0.2, -0.15) is 0 Å². The summed E-state index contributed by atoms with van der Waals surface area (Å²) in [6, 6.07) is 0. The summed E-state index contributed by atoms with van der Waals surface area (Å²) in [5.41, 5.74) is 0. The summed E-state index contributed by atoms with van der Waals surface area (Å²) in [5, 5.41) is 9.63. The van der Waals surface area contributed by atoms with E-state index in [1.165, 1.54) is 19.3 Å². The molecule has 4 rings (SSSR count). The second-order valence-electron chi connectivity index (χ2n) is 7.42. The number of nitrogens with zero attached hydrogens (tertiary/aromatic N) is 1. The second-order valence-corrected chi connectivity index (χ2v) is 7.42. The first-order valence-electron chi connectivity index (χ1n) is 8.13. The Morgan fingerprint density at radius 1 is 1.11 bits per heavy atom. The van der Waals surface area contributed by atoms with Crippen molar-refractivity contribution in [3.05, 3.63) is 0 Å². The smallest absolute Gasteiger partial charge is 0.226 e. The molecule has 4 aliphatic rings. The van der Waals surface area contributed by atoms with Gasteiger partial charge in [0.15, 0.2) is 0 Å². The number of carbonyl (C=O) groups excluding carboxylic acids is 1. The highest BCUT2D eigenvalue weighted by Gasteiger charge is 2.67. The minimum Gasteiger partial charge on any atom is -0.393 e. The third-order valence-corrected chi connectivity index (χ3v) is 6.55. The molecular weight excluding hydrogens is 238 g/mol. The summed E-state index contributed by atoms with van der Waals surface area (Å²) in [6.45, 7) is 3.63. The molecule has 3 saturated carbocycles. The Balaban J connectivity index is 1.36. The molecule has 3 heteroatoms. The predicted molar refractivity (Wildman–Crippen MR) is 72.3 cm³/mol. The number of fused-ring (bicyclic) bond motifs is 5. The van der Waals surface area contributed by atoms with Crippen molar-refractivity contribution >= 4 is 5.91 Å². The maximum Gasteiger partial charge on any atom is 0.226 e. The summed E-state index contributed by atoms with van der Waals surface area (Å²) >= 11 is 0. The number of carbonyl (C=O) groups is 1. The highest BCUT2D eigenvalue weighted by molar-refractivity contribution is 5.83. The zero-order valence-electron chi connectivity index (χ0n) is 11.8.